The first-order valence-electron chi connectivity index (χ1n) is 5.85. The van der Waals surface area contributed by atoms with Crippen LogP contribution >= 0.6 is 45.9 Å². The SMILES string of the molecule is Clc1ccc(C=Cc2nc(-c3cccs3)cs2)cc1Cl. The predicted molar refractivity (Wildman–Crippen MR) is 90.8 cm³/mol. The maximum atomic E-state index is 5.99. The first-order valence-corrected chi connectivity index (χ1v) is 8.36. The second-order valence-corrected chi connectivity index (χ2v) is 6.71. The van der Waals surface area contributed by atoms with E-state index in [1.54, 1.807) is 28.7 Å². The van der Waals surface area contributed by atoms with E-state index in [1.807, 2.05) is 30.4 Å². The number of hydrogen-bond donors (Lipinski definition) is 0. The lowest BCUT2D eigenvalue weighted by atomic mass is 10.2. The Morgan fingerprint density at radius 3 is 2.65 bits per heavy atom. The molecule has 0 bridgehead atoms. The summed E-state index contributed by atoms with van der Waals surface area (Å²) in [6.45, 7) is 0. The molecule has 2 heterocycles. The summed E-state index contributed by atoms with van der Waals surface area (Å²) >= 11 is 15.2. The Kier molecular flexibility index (Phi) is 4.22. The minimum Gasteiger partial charge on any atom is -0.236 e. The molecule has 3 aromatic rings. The Bertz CT molecular complexity index is 745. The van der Waals surface area contributed by atoms with Gasteiger partial charge in [-0.2, -0.15) is 0 Å². The summed E-state index contributed by atoms with van der Waals surface area (Å²) in [4.78, 5) is 5.78. The van der Waals surface area contributed by atoms with E-state index in [2.05, 4.69) is 21.8 Å². The van der Waals surface area contributed by atoms with Gasteiger partial charge in [0.1, 0.15) is 5.01 Å². The Labute approximate surface area is 135 Å². The van der Waals surface area contributed by atoms with Crippen LogP contribution in [0, 0.1) is 0 Å². The fraction of sp³-hybridized carbons (Fsp3) is 0. The lowest BCUT2D eigenvalue weighted by molar-refractivity contribution is 1.40. The molecule has 0 aliphatic rings. The smallest absolute Gasteiger partial charge is 0.116 e. The van der Waals surface area contributed by atoms with Crippen LogP contribution in [0.3, 0.4) is 0 Å². The van der Waals surface area contributed by atoms with Gasteiger partial charge >= 0.3 is 0 Å². The molecule has 20 heavy (non-hydrogen) atoms. The molecule has 2 aromatic heterocycles. The number of nitrogens with zero attached hydrogens (tertiary/aromatic N) is 1. The van der Waals surface area contributed by atoms with Crippen molar-refractivity contribution < 1.29 is 0 Å². The van der Waals surface area contributed by atoms with E-state index < -0.39 is 0 Å². The highest BCUT2D eigenvalue weighted by atomic mass is 35.5. The lowest BCUT2D eigenvalue weighted by Gasteiger charge is -1.96. The van der Waals surface area contributed by atoms with Crippen molar-refractivity contribution >= 4 is 58.0 Å². The molecule has 0 saturated carbocycles. The van der Waals surface area contributed by atoms with Crippen molar-refractivity contribution in [2.24, 2.45) is 0 Å². The van der Waals surface area contributed by atoms with E-state index in [4.69, 9.17) is 23.2 Å². The minimum atomic E-state index is 0.562. The van der Waals surface area contributed by atoms with Gasteiger partial charge in [-0.3, -0.25) is 0 Å². The van der Waals surface area contributed by atoms with Crippen LogP contribution in [0.25, 0.3) is 22.7 Å². The fourth-order valence-corrected chi connectivity index (χ4v) is 3.46. The molecule has 0 atom stereocenters. The third-order valence-corrected chi connectivity index (χ3v) is 5.10. The van der Waals surface area contributed by atoms with Crippen LogP contribution < -0.4 is 0 Å². The van der Waals surface area contributed by atoms with Gasteiger partial charge in [0.25, 0.3) is 0 Å². The van der Waals surface area contributed by atoms with E-state index in [1.165, 1.54) is 4.88 Å². The molecule has 0 aliphatic carbocycles. The van der Waals surface area contributed by atoms with Gasteiger partial charge < -0.3 is 0 Å². The van der Waals surface area contributed by atoms with Crippen LogP contribution in [0.1, 0.15) is 10.6 Å². The molecule has 0 fully saturated rings. The molecule has 0 amide bonds. The predicted octanol–water partition coefficient (Wildman–Crippen LogP) is 6.35. The topological polar surface area (TPSA) is 12.9 Å². The maximum Gasteiger partial charge on any atom is 0.116 e. The number of rotatable bonds is 3. The Morgan fingerprint density at radius 2 is 1.90 bits per heavy atom. The first kappa shape index (κ1) is 13.8. The highest BCUT2D eigenvalue weighted by Gasteiger charge is 2.03. The summed E-state index contributed by atoms with van der Waals surface area (Å²) < 4.78 is 0. The summed E-state index contributed by atoms with van der Waals surface area (Å²) in [6.07, 6.45) is 3.97. The summed E-state index contributed by atoms with van der Waals surface area (Å²) in [5.41, 5.74) is 2.03. The van der Waals surface area contributed by atoms with Crippen molar-refractivity contribution in [3.05, 3.63) is 61.7 Å². The monoisotopic (exact) mass is 337 g/mol. The Hall–Kier alpha value is -1.13. The van der Waals surface area contributed by atoms with Crippen LogP contribution in [-0.4, -0.2) is 4.98 Å². The molecule has 1 nitrogen and oxygen atoms in total. The van der Waals surface area contributed by atoms with Crippen LogP contribution in [-0.2, 0) is 0 Å². The number of benzene rings is 1. The second kappa shape index (κ2) is 6.10. The first-order chi connectivity index (χ1) is 9.72. The molecule has 0 saturated heterocycles. The van der Waals surface area contributed by atoms with Crippen molar-refractivity contribution in [2.45, 2.75) is 0 Å². The van der Waals surface area contributed by atoms with Gasteiger partial charge in [-0.15, -0.1) is 22.7 Å². The quantitative estimate of drug-likeness (QED) is 0.542. The number of thiazole rings is 1. The summed E-state index contributed by atoms with van der Waals surface area (Å²) in [7, 11) is 0. The van der Waals surface area contributed by atoms with Gasteiger partial charge in [0.05, 0.1) is 20.6 Å². The van der Waals surface area contributed by atoms with Gasteiger partial charge in [0.2, 0.25) is 0 Å². The summed E-state index contributed by atoms with van der Waals surface area (Å²) in [5, 5.41) is 6.23. The largest absolute Gasteiger partial charge is 0.236 e. The molecule has 0 unspecified atom stereocenters. The van der Waals surface area contributed by atoms with Crippen LogP contribution in [0.15, 0.2) is 41.1 Å². The van der Waals surface area contributed by atoms with Crippen molar-refractivity contribution in [3.8, 4) is 10.6 Å². The van der Waals surface area contributed by atoms with E-state index in [9.17, 15) is 0 Å². The van der Waals surface area contributed by atoms with Crippen molar-refractivity contribution in [1.29, 1.82) is 0 Å². The van der Waals surface area contributed by atoms with Crippen LogP contribution in [0.4, 0.5) is 0 Å². The van der Waals surface area contributed by atoms with E-state index in [0.717, 1.165) is 16.3 Å². The van der Waals surface area contributed by atoms with Crippen molar-refractivity contribution in [2.75, 3.05) is 0 Å². The average Bonchev–Trinajstić information content (AvgIpc) is 3.09. The molecule has 1 aromatic carbocycles. The zero-order valence-corrected chi connectivity index (χ0v) is 13.4. The third-order valence-electron chi connectivity index (χ3n) is 2.66. The molecule has 100 valence electrons. The second-order valence-electron chi connectivity index (χ2n) is 4.06. The van der Waals surface area contributed by atoms with E-state index in [-0.39, 0.29) is 0 Å². The molecule has 3 rings (SSSR count). The molecular formula is C15H9Cl2NS2. The molecule has 5 heteroatoms. The van der Waals surface area contributed by atoms with Crippen LogP contribution in [0.5, 0.6) is 0 Å². The van der Waals surface area contributed by atoms with Gasteiger partial charge in [-0.25, -0.2) is 4.98 Å². The van der Waals surface area contributed by atoms with Crippen LogP contribution in [0.2, 0.25) is 10.0 Å². The third kappa shape index (κ3) is 3.13. The number of hydrogen-bond acceptors (Lipinski definition) is 3. The standard InChI is InChI=1S/C15H9Cl2NS2/c16-11-5-3-10(8-12(11)17)4-6-15-18-13(9-20-15)14-2-1-7-19-14/h1-9H. The number of thiophene rings is 1. The highest BCUT2D eigenvalue weighted by molar-refractivity contribution is 7.14. The van der Waals surface area contributed by atoms with Crippen molar-refractivity contribution in [1.82, 2.24) is 4.98 Å². The molecule has 0 spiro atoms. The fourth-order valence-electron chi connectivity index (χ4n) is 1.69. The summed E-state index contributed by atoms with van der Waals surface area (Å²) in [6, 6.07) is 9.67. The molecule has 0 radical (unpaired) electrons. The Balaban J connectivity index is 1.80. The minimum absolute atomic E-state index is 0.562. The zero-order chi connectivity index (χ0) is 13.9. The normalized spacial score (nSPS) is 11.3. The highest BCUT2D eigenvalue weighted by Crippen LogP contribution is 2.27. The van der Waals surface area contributed by atoms with Gasteiger partial charge in [-0.05, 0) is 35.2 Å². The zero-order valence-electron chi connectivity index (χ0n) is 10.2. The molecular weight excluding hydrogens is 329 g/mol. The summed E-state index contributed by atoms with van der Waals surface area (Å²) in [5.74, 6) is 0. The molecule has 0 N–H and O–H groups in total. The van der Waals surface area contributed by atoms with E-state index in [0.29, 0.717) is 10.0 Å². The lowest BCUT2D eigenvalue weighted by Crippen LogP contribution is -1.75. The Morgan fingerprint density at radius 1 is 1.00 bits per heavy atom. The molecule has 0 aliphatic heterocycles. The average molecular weight is 338 g/mol. The van der Waals surface area contributed by atoms with Gasteiger partial charge in [0.15, 0.2) is 0 Å². The van der Waals surface area contributed by atoms with Crippen molar-refractivity contribution in [3.63, 3.8) is 0 Å². The van der Waals surface area contributed by atoms with Gasteiger partial charge in [0, 0.05) is 5.38 Å². The maximum absolute atomic E-state index is 5.99. The number of halogens is 2. The number of aromatic nitrogens is 1. The van der Waals surface area contributed by atoms with E-state index >= 15 is 0 Å². The van der Waals surface area contributed by atoms with Gasteiger partial charge in [-0.1, -0.05) is 41.4 Å².